The average Bonchev–Trinajstić information content (AvgIpc) is 2.91. The van der Waals surface area contributed by atoms with Crippen molar-refractivity contribution in [1.29, 1.82) is 0 Å². The van der Waals surface area contributed by atoms with Gasteiger partial charge in [-0.2, -0.15) is 0 Å². The molecule has 1 amide bonds. The monoisotopic (exact) mass is 535 g/mol. The zero-order chi connectivity index (χ0) is 27.9. The smallest absolute Gasteiger partial charge is 0.222 e. The topological polar surface area (TPSA) is 106 Å². The molecule has 38 heavy (non-hydrogen) atoms. The minimum atomic E-state index is -0.727. The number of amides is 1. The first-order valence-electron chi connectivity index (χ1n) is 14.5. The molecule has 4 unspecified atom stereocenters. The van der Waals surface area contributed by atoms with Gasteiger partial charge in [0.1, 0.15) is 0 Å². The second-order valence-electron chi connectivity index (χ2n) is 11.2. The zero-order valence-electron chi connectivity index (χ0n) is 24.4. The zero-order valence-corrected chi connectivity index (χ0v) is 24.4. The highest BCUT2D eigenvalue weighted by Gasteiger charge is 2.26. The Hall–Kier alpha value is -1.87. The molecule has 218 valence electrons. The summed E-state index contributed by atoms with van der Waals surface area (Å²) in [5.74, 6) is 1.81. The quantitative estimate of drug-likeness (QED) is 0.247. The summed E-state index contributed by atoms with van der Waals surface area (Å²) in [6, 6.07) is 5.65. The molecule has 1 aromatic rings. The van der Waals surface area contributed by atoms with Crippen LogP contribution in [0.25, 0.3) is 0 Å². The number of carbonyl (C=O) groups excluding carboxylic acids is 1. The number of carbonyl (C=O) groups is 1. The van der Waals surface area contributed by atoms with Crippen molar-refractivity contribution in [3.8, 4) is 11.5 Å². The Morgan fingerprint density at radius 3 is 2.47 bits per heavy atom. The van der Waals surface area contributed by atoms with E-state index in [2.05, 4.69) is 30.1 Å². The van der Waals surface area contributed by atoms with Gasteiger partial charge in [-0.1, -0.05) is 33.3 Å². The van der Waals surface area contributed by atoms with Crippen LogP contribution in [-0.4, -0.2) is 81.7 Å². The number of hydrogen-bond acceptors (Lipinski definition) is 7. The van der Waals surface area contributed by atoms with Crippen LogP contribution in [0.1, 0.15) is 64.9 Å². The van der Waals surface area contributed by atoms with Gasteiger partial charge in [0.25, 0.3) is 0 Å². The van der Waals surface area contributed by atoms with E-state index in [4.69, 9.17) is 19.9 Å². The number of nitrogens with two attached hydrogens (primary N) is 1. The Morgan fingerprint density at radius 2 is 1.82 bits per heavy atom. The highest BCUT2D eigenvalue weighted by Crippen LogP contribution is 2.31. The van der Waals surface area contributed by atoms with E-state index in [1.807, 2.05) is 19.1 Å². The number of benzene rings is 1. The SMILES string of the molecule is COCCCOc1cc(CC(CC(N)C(O)CC(C)C(=O)NCCN2CCCCC2)C(C)C)ccc1OC. The molecule has 1 aliphatic rings. The van der Waals surface area contributed by atoms with Crippen molar-refractivity contribution in [3.63, 3.8) is 0 Å². The van der Waals surface area contributed by atoms with E-state index >= 15 is 0 Å². The number of aliphatic hydroxyl groups is 1. The molecule has 1 aliphatic heterocycles. The van der Waals surface area contributed by atoms with Crippen LogP contribution in [0.15, 0.2) is 18.2 Å². The predicted octanol–water partition coefficient (Wildman–Crippen LogP) is 3.63. The summed E-state index contributed by atoms with van der Waals surface area (Å²) in [6.45, 7) is 11.2. The van der Waals surface area contributed by atoms with Gasteiger partial charge in [0.2, 0.25) is 5.91 Å². The normalized spacial score (nSPS) is 17.6. The van der Waals surface area contributed by atoms with E-state index in [0.29, 0.717) is 44.3 Å². The molecule has 4 atom stereocenters. The van der Waals surface area contributed by atoms with E-state index in [1.165, 1.54) is 19.3 Å². The van der Waals surface area contributed by atoms with Crippen molar-refractivity contribution in [1.82, 2.24) is 10.2 Å². The van der Waals surface area contributed by atoms with Crippen LogP contribution in [0.5, 0.6) is 11.5 Å². The van der Waals surface area contributed by atoms with E-state index in [-0.39, 0.29) is 17.7 Å². The van der Waals surface area contributed by atoms with Crippen molar-refractivity contribution in [2.75, 3.05) is 53.6 Å². The molecular weight excluding hydrogens is 482 g/mol. The molecule has 8 heteroatoms. The van der Waals surface area contributed by atoms with Gasteiger partial charge >= 0.3 is 0 Å². The molecule has 0 spiro atoms. The average molecular weight is 536 g/mol. The maximum Gasteiger partial charge on any atom is 0.222 e. The fourth-order valence-corrected chi connectivity index (χ4v) is 5.09. The van der Waals surface area contributed by atoms with Gasteiger partial charge < -0.3 is 35.3 Å². The molecule has 4 N–H and O–H groups in total. The predicted molar refractivity (Wildman–Crippen MR) is 153 cm³/mol. The summed E-state index contributed by atoms with van der Waals surface area (Å²) >= 11 is 0. The summed E-state index contributed by atoms with van der Waals surface area (Å²) in [6.07, 6.45) is 5.74. The van der Waals surface area contributed by atoms with E-state index in [0.717, 1.165) is 43.8 Å². The third-order valence-electron chi connectivity index (χ3n) is 7.71. The second kappa shape index (κ2) is 17.7. The number of nitrogens with zero attached hydrogens (tertiary/aromatic N) is 1. The summed E-state index contributed by atoms with van der Waals surface area (Å²) in [5.41, 5.74) is 7.63. The van der Waals surface area contributed by atoms with Crippen LogP contribution in [0, 0.1) is 17.8 Å². The number of nitrogens with one attached hydrogen (secondary N) is 1. The third kappa shape index (κ3) is 11.5. The largest absolute Gasteiger partial charge is 0.493 e. The van der Waals surface area contributed by atoms with Crippen LogP contribution in [-0.2, 0) is 16.0 Å². The maximum absolute atomic E-state index is 12.6. The first-order valence-corrected chi connectivity index (χ1v) is 14.5. The molecular formula is C30H53N3O5. The number of rotatable bonds is 18. The fraction of sp³-hybridized carbons (Fsp3) is 0.767. The molecule has 0 aromatic heterocycles. The molecule has 1 heterocycles. The minimum absolute atomic E-state index is 0.00932. The maximum atomic E-state index is 12.6. The minimum Gasteiger partial charge on any atom is -0.493 e. The Kier molecular flexibility index (Phi) is 15.0. The summed E-state index contributed by atoms with van der Waals surface area (Å²) < 4.78 is 16.5. The lowest BCUT2D eigenvalue weighted by Gasteiger charge is -2.29. The van der Waals surface area contributed by atoms with Gasteiger partial charge in [-0.3, -0.25) is 4.79 Å². The Labute approximate surface area is 230 Å². The van der Waals surface area contributed by atoms with E-state index in [9.17, 15) is 9.90 Å². The van der Waals surface area contributed by atoms with E-state index in [1.54, 1.807) is 14.2 Å². The number of hydrogen-bond donors (Lipinski definition) is 3. The molecule has 1 aromatic carbocycles. The molecule has 1 fully saturated rings. The number of ether oxygens (including phenoxy) is 3. The van der Waals surface area contributed by atoms with Crippen LogP contribution in [0.3, 0.4) is 0 Å². The van der Waals surface area contributed by atoms with Crippen LogP contribution in [0.4, 0.5) is 0 Å². The van der Waals surface area contributed by atoms with Gasteiger partial charge in [0.15, 0.2) is 11.5 Å². The van der Waals surface area contributed by atoms with Crippen molar-refractivity contribution in [2.24, 2.45) is 23.5 Å². The number of piperidine rings is 1. The van der Waals surface area contributed by atoms with Crippen molar-refractivity contribution in [2.45, 2.75) is 77.9 Å². The summed E-state index contributed by atoms with van der Waals surface area (Å²) in [4.78, 5) is 15.0. The van der Waals surface area contributed by atoms with Crippen molar-refractivity contribution >= 4 is 5.91 Å². The molecule has 2 rings (SSSR count). The lowest BCUT2D eigenvalue weighted by atomic mass is 9.82. The first kappa shape index (κ1) is 32.3. The standard InChI is InChI=1S/C30H53N3O5/c1-22(2)25(19-24-10-11-28(37-5)29(20-24)38-17-9-16-36-4)21-26(31)27(34)18-23(3)30(35)32-12-15-33-13-7-6-8-14-33/h10-11,20,22-23,25-27,34H,6-9,12-19,21,31H2,1-5H3,(H,32,35). The summed E-state index contributed by atoms with van der Waals surface area (Å²) in [5, 5.41) is 13.9. The number of methoxy groups -OCH3 is 2. The Morgan fingerprint density at radius 1 is 1.08 bits per heavy atom. The first-order chi connectivity index (χ1) is 18.2. The molecule has 0 bridgehead atoms. The molecule has 0 radical (unpaired) electrons. The Bertz CT molecular complexity index is 800. The number of aliphatic hydroxyl groups excluding tert-OH is 1. The van der Waals surface area contributed by atoms with Gasteiger partial charge in [0, 0.05) is 45.2 Å². The van der Waals surface area contributed by atoms with Gasteiger partial charge in [-0.15, -0.1) is 0 Å². The lowest BCUT2D eigenvalue weighted by molar-refractivity contribution is -0.125. The Balaban J connectivity index is 1.85. The van der Waals surface area contributed by atoms with Gasteiger partial charge in [0.05, 0.1) is 19.8 Å². The molecule has 1 saturated heterocycles. The number of likely N-dealkylation sites (tertiary alicyclic amines) is 1. The van der Waals surface area contributed by atoms with Gasteiger partial charge in [-0.25, -0.2) is 0 Å². The lowest BCUT2D eigenvalue weighted by Crippen LogP contribution is -2.42. The highest BCUT2D eigenvalue weighted by molar-refractivity contribution is 5.78. The molecule has 0 aliphatic carbocycles. The summed E-state index contributed by atoms with van der Waals surface area (Å²) in [7, 11) is 3.33. The van der Waals surface area contributed by atoms with Crippen LogP contribution < -0.4 is 20.5 Å². The van der Waals surface area contributed by atoms with Crippen molar-refractivity contribution in [3.05, 3.63) is 23.8 Å². The van der Waals surface area contributed by atoms with Crippen LogP contribution >= 0.6 is 0 Å². The van der Waals surface area contributed by atoms with E-state index < -0.39 is 12.1 Å². The highest BCUT2D eigenvalue weighted by atomic mass is 16.5. The fourth-order valence-electron chi connectivity index (χ4n) is 5.09. The molecule has 8 nitrogen and oxygen atoms in total. The van der Waals surface area contributed by atoms with Gasteiger partial charge in [-0.05, 0) is 74.7 Å². The second-order valence-corrected chi connectivity index (χ2v) is 11.2. The molecule has 0 saturated carbocycles. The van der Waals surface area contributed by atoms with Crippen molar-refractivity contribution < 1.29 is 24.1 Å². The van der Waals surface area contributed by atoms with Crippen LogP contribution in [0.2, 0.25) is 0 Å². The third-order valence-corrected chi connectivity index (χ3v) is 7.71.